The Labute approximate surface area is 254 Å². The molecule has 3 N–H and O–H groups in total. The lowest BCUT2D eigenvalue weighted by atomic mass is 10.0. The minimum absolute atomic E-state index is 0.0248. The van der Waals surface area contributed by atoms with Gasteiger partial charge in [-0.15, -0.1) is 0 Å². The number of nitrogens with zero attached hydrogens (tertiary/aromatic N) is 5. The van der Waals surface area contributed by atoms with Gasteiger partial charge in [0.15, 0.2) is 5.82 Å². The predicted octanol–water partition coefficient (Wildman–Crippen LogP) is 5.00. The van der Waals surface area contributed by atoms with Crippen molar-refractivity contribution in [1.82, 2.24) is 24.8 Å². The van der Waals surface area contributed by atoms with Crippen LogP contribution in [-0.4, -0.2) is 66.4 Å². The summed E-state index contributed by atoms with van der Waals surface area (Å²) in [5.41, 5.74) is 4.48. The summed E-state index contributed by atoms with van der Waals surface area (Å²) >= 11 is 0. The highest BCUT2D eigenvalue weighted by molar-refractivity contribution is 5.68. The molecule has 0 amide bonds. The van der Waals surface area contributed by atoms with Crippen LogP contribution in [0.2, 0.25) is 0 Å². The lowest BCUT2D eigenvalue weighted by Gasteiger charge is -2.24. The highest BCUT2D eigenvalue weighted by Crippen LogP contribution is 2.45. The monoisotopic (exact) mass is 613 g/mol. The van der Waals surface area contributed by atoms with Crippen molar-refractivity contribution in [2.24, 2.45) is 0 Å². The first-order valence-electron chi connectivity index (χ1n) is 14.1. The van der Waals surface area contributed by atoms with Crippen LogP contribution >= 0.6 is 0 Å². The van der Waals surface area contributed by atoms with Crippen LogP contribution in [0.4, 0.5) is 8.78 Å². The molecule has 1 aliphatic rings. The molecule has 1 fully saturated rings. The van der Waals surface area contributed by atoms with Crippen LogP contribution in [0.3, 0.4) is 0 Å². The summed E-state index contributed by atoms with van der Waals surface area (Å²) in [7, 11) is 3.20. The van der Waals surface area contributed by atoms with E-state index < -0.39 is 12.1 Å². The lowest BCUT2D eigenvalue weighted by Crippen LogP contribution is -2.34. The molecule has 1 aliphatic carbocycles. The lowest BCUT2D eigenvalue weighted by molar-refractivity contribution is -0.419. The second-order valence-electron chi connectivity index (χ2n) is 10.7. The number of rotatable bonds is 13. The van der Waals surface area contributed by atoms with Crippen molar-refractivity contribution in [3.05, 3.63) is 71.0 Å². The van der Waals surface area contributed by atoms with E-state index in [2.05, 4.69) is 19.9 Å². The van der Waals surface area contributed by atoms with Crippen molar-refractivity contribution in [1.29, 1.82) is 0 Å². The summed E-state index contributed by atoms with van der Waals surface area (Å²) in [4.78, 5) is 19.0. The van der Waals surface area contributed by atoms with Gasteiger partial charge in [0.25, 0.3) is 11.8 Å². The number of benzene rings is 1. The zero-order valence-corrected chi connectivity index (χ0v) is 25.5. The van der Waals surface area contributed by atoms with Crippen LogP contribution < -0.4 is 14.2 Å². The van der Waals surface area contributed by atoms with E-state index in [4.69, 9.17) is 14.2 Å². The van der Waals surface area contributed by atoms with E-state index in [1.54, 1.807) is 11.9 Å². The maximum absolute atomic E-state index is 13.8. The van der Waals surface area contributed by atoms with Gasteiger partial charge in [-0.25, -0.2) is 23.7 Å². The largest absolute Gasteiger partial charge is 0.480 e. The number of methoxy groups -OCH3 is 1. The second-order valence-corrected chi connectivity index (χ2v) is 10.7. The first kappa shape index (κ1) is 32.7. The second kappa shape index (κ2) is 13.2. The molecule has 1 saturated carbocycles. The Kier molecular flexibility index (Phi) is 9.81. The smallest absolute Gasteiger partial charge is 0.453 e. The zero-order valence-electron chi connectivity index (χ0n) is 25.5. The molecule has 0 saturated heterocycles. The van der Waals surface area contributed by atoms with Crippen molar-refractivity contribution in [2.45, 2.75) is 71.6 Å². The molecule has 0 spiro atoms. The normalized spacial score (nSPS) is 14.7. The van der Waals surface area contributed by atoms with Gasteiger partial charge in [0.2, 0.25) is 11.6 Å². The molecule has 0 atom stereocenters. The fourth-order valence-corrected chi connectivity index (χ4v) is 4.51. The van der Waals surface area contributed by atoms with E-state index in [9.17, 15) is 24.1 Å². The van der Waals surface area contributed by atoms with Crippen molar-refractivity contribution in [3.8, 4) is 28.9 Å². The average Bonchev–Trinajstić information content (AvgIpc) is 3.81. The van der Waals surface area contributed by atoms with Crippen LogP contribution in [0.15, 0.2) is 54.1 Å². The van der Waals surface area contributed by atoms with E-state index in [-0.39, 0.29) is 41.4 Å². The van der Waals surface area contributed by atoms with E-state index in [0.29, 0.717) is 11.1 Å². The Morgan fingerprint density at radius 1 is 1.07 bits per heavy atom. The number of alkyl halides is 2. The number of aromatic nitrogens is 4. The van der Waals surface area contributed by atoms with Crippen molar-refractivity contribution in [2.75, 3.05) is 14.2 Å². The van der Waals surface area contributed by atoms with Gasteiger partial charge in [-0.2, -0.15) is 4.98 Å². The van der Waals surface area contributed by atoms with Crippen LogP contribution in [0.1, 0.15) is 69.7 Å². The minimum atomic E-state index is -3.50. The summed E-state index contributed by atoms with van der Waals surface area (Å²) in [6.45, 7) is 6.19. The summed E-state index contributed by atoms with van der Waals surface area (Å²) < 4.78 is 43.9. The van der Waals surface area contributed by atoms with Crippen LogP contribution in [0, 0.1) is 0 Å². The van der Waals surface area contributed by atoms with Crippen molar-refractivity contribution in [3.63, 3.8) is 0 Å². The molecule has 0 bridgehead atoms. The van der Waals surface area contributed by atoms with Crippen molar-refractivity contribution >= 4 is 5.70 Å². The van der Waals surface area contributed by atoms with Gasteiger partial charge in [-0.3, -0.25) is 0 Å². The Morgan fingerprint density at radius 3 is 2.32 bits per heavy atom. The van der Waals surface area contributed by atoms with Crippen molar-refractivity contribution < 1.29 is 38.3 Å². The molecule has 236 valence electrons. The SMILES string of the molecule is CCC(C)=C(c1ccc(COc2nc(-c3c(OC)ncnc3C3CC3)ncc2OC(O)(O)O)cc1)N(C)/C=C(\C)C(C)(F)F. The number of hydrogen-bond acceptors (Lipinski definition) is 11. The highest BCUT2D eigenvalue weighted by Gasteiger charge is 2.32. The molecule has 0 aliphatic heterocycles. The summed E-state index contributed by atoms with van der Waals surface area (Å²) in [5.74, 6) is -2.82. The summed E-state index contributed by atoms with van der Waals surface area (Å²) in [6, 6.07) is 7.34. The number of hydrogen-bond donors (Lipinski definition) is 3. The minimum Gasteiger partial charge on any atom is -0.480 e. The van der Waals surface area contributed by atoms with Crippen LogP contribution in [-0.2, 0) is 6.61 Å². The molecule has 0 unspecified atom stereocenters. The number of halogens is 2. The van der Waals surface area contributed by atoms with Gasteiger partial charge in [0.1, 0.15) is 18.5 Å². The van der Waals surface area contributed by atoms with Gasteiger partial charge in [-0.1, -0.05) is 31.2 Å². The highest BCUT2D eigenvalue weighted by atomic mass is 19.3. The maximum atomic E-state index is 13.8. The average molecular weight is 614 g/mol. The van der Waals surface area contributed by atoms with Gasteiger partial charge in [0, 0.05) is 37.4 Å². The third kappa shape index (κ3) is 8.04. The topological polar surface area (TPSA) is 143 Å². The van der Waals surface area contributed by atoms with E-state index in [1.807, 2.05) is 38.1 Å². The van der Waals surface area contributed by atoms with E-state index in [1.165, 1.54) is 26.6 Å². The molecule has 4 rings (SSSR count). The fourth-order valence-electron chi connectivity index (χ4n) is 4.51. The Balaban J connectivity index is 1.63. The van der Waals surface area contributed by atoms with Crippen LogP contribution in [0.5, 0.6) is 17.5 Å². The molecule has 13 heteroatoms. The molecule has 11 nitrogen and oxygen atoms in total. The molecule has 1 aromatic carbocycles. The third-order valence-electron chi connectivity index (χ3n) is 7.16. The van der Waals surface area contributed by atoms with E-state index in [0.717, 1.165) is 54.9 Å². The standard InChI is InChI=1S/C31H37F2N5O6/c1-7-18(2)26(38(5)15-19(3)30(4,32)33)22-10-8-20(9-11-22)16-43-28-23(44-31(39,40)41)14-34-27(37-28)24-25(21-12-13-21)35-17-36-29(24)42-6/h8-11,14-15,17,21,39-41H,7,12-13,16H2,1-6H3/b19-15+,26-18?. The van der Waals surface area contributed by atoms with E-state index >= 15 is 0 Å². The Bertz CT molecular complexity index is 1530. The maximum Gasteiger partial charge on any atom is 0.453 e. The Morgan fingerprint density at radius 2 is 1.75 bits per heavy atom. The molecular weight excluding hydrogens is 576 g/mol. The summed E-state index contributed by atoms with van der Waals surface area (Å²) in [6.07, 6.45) is 3.09. The Hall–Kier alpha value is -4.20. The first-order valence-corrected chi connectivity index (χ1v) is 14.1. The number of aliphatic hydroxyl groups is 3. The molecule has 2 heterocycles. The molecule has 0 radical (unpaired) electrons. The third-order valence-corrected chi connectivity index (χ3v) is 7.16. The molecular formula is C31H37F2N5O6. The predicted molar refractivity (Wildman–Crippen MR) is 157 cm³/mol. The number of ether oxygens (including phenoxy) is 3. The van der Waals surface area contributed by atoms with Gasteiger partial charge in [0.05, 0.1) is 19.0 Å². The molecule has 44 heavy (non-hydrogen) atoms. The summed E-state index contributed by atoms with van der Waals surface area (Å²) in [5, 5.41) is 28.3. The fraction of sp³-hybridized carbons (Fsp3) is 0.419. The van der Waals surface area contributed by atoms with Crippen LogP contribution in [0.25, 0.3) is 17.1 Å². The van der Waals surface area contributed by atoms with Gasteiger partial charge >= 0.3 is 6.16 Å². The quantitative estimate of drug-likeness (QED) is 0.224. The van der Waals surface area contributed by atoms with Gasteiger partial charge in [-0.05, 0) is 49.8 Å². The first-order chi connectivity index (χ1) is 20.7. The number of allylic oxidation sites excluding steroid dienone is 2. The molecule has 2 aromatic heterocycles. The van der Waals surface area contributed by atoms with Gasteiger partial charge < -0.3 is 34.4 Å². The molecule has 3 aromatic rings. The zero-order chi connectivity index (χ0) is 32.2.